The van der Waals surface area contributed by atoms with Crippen LogP contribution in [0.3, 0.4) is 0 Å². The minimum atomic E-state index is -6.29. The van der Waals surface area contributed by atoms with Gasteiger partial charge in [0.05, 0.1) is 47.2 Å². The van der Waals surface area contributed by atoms with Crippen LogP contribution in [0.25, 0.3) is 0 Å². The maximum absolute atomic E-state index is 15.4. The molecular formula is C57H64F8O9S. The molecule has 2 aliphatic rings. The van der Waals surface area contributed by atoms with Gasteiger partial charge in [-0.3, -0.25) is 8.57 Å². The standard InChI is InChI=1S/C33H32F2O4.C21H21F5O5S.CH3F.2CH4/c34-33(35)21-20-30(37-23-26-12-6-2-7-13-26)31(38-24-27-14-8-3-9-15-27)32(33)39-29-18-16-28(17-19-29)36-22-25-10-4-1-5-11-25;22-20(23)12-11-17(29-13-15-7-3-1-4-8-15)18(30-14-16-9-5-2-6-10-16)19(20)31-32(27,28)21(24,25)26;1-2;;/h1-19,30-32H,20-24H2;1-10,17-19H,11-14H2;1H3;2*1H4/t30-,31+,32+;17-,18+,19-;;;/m00.../s1/i;;1D;;. The van der Waals surface area contributed by atoms with E-state index in [1.807, 2.05) is 91.0 Å². The van der Waals surface area contributed by atoms with Gasteiger partial charge in [-0.1, -0.05) is 167 Å². The third-order valence-corrected chi connectivity index (χ3v) is 12.7. The molecule has 9 nitrogen and oxygen atoms in total. The molecule has 2 aliphatic carbocycles. The van der Waals surface area contributed by atoms with Crippen LogP contribution in [0.15, 0.2) is 176 Å². The van der Waals surface area contributed by atoms with E-state index < -0.39 is 77.7 Å². The van der Waals surface area contributed by atoms with Gasteiger partial charge in [0.2, 0.25) is 0 Å². The molecular weight excluding hydrogens is 1010 g/mol. The first kappa shape index (κ1) is 60.0. The van der Waals surface area contributed by atoms with Gasteiger partial charge in [-0.25, -0.2) is 17.6 Å². The number of ether oxygens (including phenoxy) is 6. The van der Waals surface area contributed by atoms with Crippen molar-refractivity contribution in [2.45, 2.75) is 128 Å². The Morgan fingerprint density at radius 2 is 0.800 bits per heavy atom. The van der Waals surface area contributed by atoms with Crippen molar-refractivity contribution in [3.05, 3.63) is 204 Å². The zero-order valence-corrected chi connectivity index (χ0v) is 40.2. The van der Waals surface area contributed by atoms with Gasteiger partial charge in [0, 0.05) is 12.8 Å². The van der Waals surface area contributed by atoms with Crippen LogP contribution in [0.2, 0.25) is 0 Å². The number of alkyl halides is 8. The van der Waals surface area contributed by atoms with Gasteiger partial charge in [-0.15, -0.1) is 0 Å². The Balaban J connectivity index is 0.000000310. The highest BCUT2D eigenvalue weighted by atomic mass is 32.2. The molecule has 0 aromatic heterocycles. The van der Waals surface area contributed by atoms with Gasteiger partial charge < -0.3 is 28.4 Å². The topological polar surface area (TPSA) is 98.8 Å². The monoisotopic (exact) mass is 1080 g/mol. The quantitative estimate of drug-likeness (QED) is 0.0446. The first-order valence-electron chi connectivity index (χ1n) is 23.8. The van der Waals surface area contributed by atoms with Crippen molar-refractivity contribution in [3.8, 4) is 11.5 Å². The molecule has 0 amide bonds. The second-order valence-corrected chi connectivity index (χ2v) is 18.6. The largest absolute Gasteiger partial charge is 0.523 e. The highest BCUT2D eigenvalue weighted by Crippen LogP contribution is 2.43. The van der Waals surface area contributed by atoms with Gasteiger partial charge in [-0.2, -0.15) is 21.6 Å². The summed E-state index contributed by atoms with van der Waals surface area (Å²) < 4.78 is 176. The van der Waals surface area contributed by atoms with Crippen LogP contribution in [0, 0.1) is 0 Å². The highest BCUT2D eigenvalue weighted by molar-refractivity contribution is 7.87. The average Bonchev–Trinajstić information content (AvgIpc) is 3.40. The molecule has 0 unspecified atom stereocenters. The van der Waals surface area contributed by atoms with Crippen molar-refractivity contribution in [2.75, 3.05) is 7.15 Å². The van der Waals surface area contributed by atoms with Crippen molar-refractivity contribution in [2.24, 2.45) is 0 Å². The van der Waals surface area contributed by atoms with E-state index in [0.717, 1.165) is 16.7 Å². The summed E-state index contributed by atoms with van der Waals surface area (Å²) in [5.74, 6) is -6.02. The lowest BCUT2D eigenvalue weighted by Gasteiger charge is -2.42. The molecule has 75 heavy (non-hydrogen) atoms. The molecule has 0 heterocycles. The molecule has 408 valence electrons. The van der Waals surface area contributed by atoms with E-state index in [2.05, 4.69) is 4.18 Å². The summed E-state index contributed by atoms with van der Waals surface area (Å²) >= 11 is 0. The van der Waals surface area contributed by atoms with E-state index in [1.54, 1.807) is 84.9 Å². The molecule has 2 saturated carbocycles. The fourth-order valence-electron chi connectivity index (χ4n) is 7.96. The molecule has 0 radical (unpaired) electrons. The van der Waals surface area contributed by atoms with Crippen LogP contribution in [0.4, 0.5) is 35.1 Å². The van der Waals surface area contributed by atoms with Crippen molar-refractivity contribution < 1.29 is 77.5 Å². The normalized spacial score (nSPS) is 20.9. The van der Waals surface area contributed by atoms with Crippen LogP contribution in [-0.4, -0.2) is 69.5 Å². The summed E-state index contributed by atoms with van der Waals surface area (Å²) in [6.45, 7) is 0.624. The van der Waals surface area contributed by atoms with E-state index in [9.17, 15) is 34.8 Å². The minimum Gasteiger partial charge on any atom is -0.489 e. The lowest BCUT2D eigenvalue weighted by Crippen LogP contribution is -2.57. The molecule has 6 aromatic rings. The Morgan fingerprint density at radius 1 is 0.493 bits per heavy atom. The van der Waals surface area contributed by atoms with Gasteiger partial charge in [0.15, 0.2) is 12.2 Å². The Hall–Kier alpha value is -5.89. The van der Waals surface area contributed by atoms with Crippen LogP contribution >= 0.6 is 0 Å². The van der Waals surface area contributed by atoms with Gasteiger partial charge >= 0.3 is 15.6 Å². The molecule has 0 spiro atoms. The van der Waals surface area contributed by atoms with Gasteiger partial charge in [-0.05, 0) is 64.9 Å². The molecule has 2 fully saturated rings. The smallest absolute Gasteiger partial charge is 0.489 e. The first-order valence-corrected chi connectivity index (χ1v) is 24.5. The summed E-state index contributed by atoms with van der Waals surface area (Å²) in [6, 6.07) is 52.7. The fourth-order valence-corrected chi connectivity index (χ4v) is 8.59. The van der Waals surface area contributed by atoms with Crippen molar-refractivity contribution in [3.63, 3.8) is 0 Å². The lowest BCUT2D eigenvalue weighted by atomic mass is 9.88. The Bertz CT molecular complexity index is 2630. The van der Waals surface area contributed by atoms with Crippen molar-refractivity contribution in [1.29, 1.82) is 0 Å². The Morgan fingerprint density at radius 3 is 1.16 bits per heavy atom. The van der Waals surface area contributed by atoms with Crippen molar-refractivity contribution in [1.82, 2.24) is 0 Å². The number of benzene rings is 6. The molecule has 0 bridgehead atoms. The maximum Gasteiger partial charge on any atom is 0.523 e. The summed E-state index contributed by atoms with van der Waals surface area (Å²) in [5.41, 5.74) is -1.69. The maximum atomic E-state index is 15.4. The molecule has 0 saturated heterocycles. The summed E-state index contributed by atoms with van der Waals surface area (Å²) in [7, 11) is -7.29. The minimum absolute atomic E-state index is 0. The predicted octanol–water partition coefficient (Wildman–Crippen LogP) is 14.3. The Kier molecular flexibility index (Phi) is 23.5. The molecule has 0 aliphatic heterocycles. The highest BCUT2D eigenvalue weighted by Gasteiger charge is 2.59. The first-order chi connectivity index (χ1) is 35.5. The number of halogens is 8. The molecule has 6 aromatic carbocycles. The molecule has 18 heteroatoms. The van der Waals surface area contributed by atoms with E-state index in [1.165, 1.54) is 0 Å². The third-order valence-electron chi connectivity index (χ3n) is 11.7. The third kappa shape index (κ3) is 18.4. The van der Waals surface area contributed by atoms with E-state index in [-0.39, 0.29) is 53.9 Å². The average molecular weight is 1080 g/mol. The number of hydrogen-bond acceptors (Lipinski definition) is 9. The predicted molar refractivity (Wildman–Crippen MR) is 270 cm³/mol. The van der Waals surface area contributed by atoms with Crippen LogP contribution in [0.1, 0.15) is 69.7 Å². The second-order valence-electron chi connectivity index (χ2n) is 17.0. The second kappa shape index (κ2) is 29.4. The lowest BCUT2D eigenvalue weighted by molar-refractivity contribution is -0.226. The molecule has 0 N–H and O–H groups in total. The zero-order valence-electron chi connectivity index (χ0n) is 40.4. The number of hydrogen-bond donors (Lipinski definition) is 0. The van der Waals surface area contributed by atoms with Crippen LogP contribution in [-0.2, 0) is 66.3 Å². The fraction of sp³-hybridized carbons (Fsp3) is 0.368. The SMILES string of the molecule is C.C.FC1(F)CC[C@H](OCc2ccccc2)[C@@H](OCc2ccccc2)[C@H]1Oc1ccc(OCc2ccccc2)cc1.O=S(=O)(O[C@H]1[C@H](OCc2ccccc2)[C@@H](OCc2ccccc2)CCC1(F)F)C(F)(F)F.[2H]CF. The molecule has 6 atom stereocenters. The van der Waals surface area contributed by atoms with E-state index >= 15 is 8.78 Å². The van der Waals surface area contributed by atoms with E-state index in [4.69, 9.17) is 29.8 Å². The summed E-state index contributed by atoms with van der Waals surface area (Å²) in [4.78, 5) is 0. The van der Waals surface area contributed by atoms with Crippen molar-refractivity contribution >= 4 is 10.1 Å². The number of rotatable bonds is 19. The van der Waals surface area contributed by atoms with E-state index in [0.29, 0.717) is 35.8 Å². The summed E-state index contributed by atoms with van der Waals surface area (Å²) in [6.07, 6.45) is -9.96. The van der Waals surface area contributed by atoms with Gasteiger partial charge in [0.25, 0.3) is 11.8 Å². The zero-order chi connectivity index (χ0) is 53.0. The van der Waals surface area contributed by atoms with Gasteiger partial charge in [0.1, 0.15) is 30.3 Å². The Labute approximate surface area is 436 Å². The molecule has 8 rings (SSSR count). The summed E-state index contributed by atoms with van der Waals surface area (Å²) in [5, 5.41) is 0. The van der Waals surface area contributed by atoms with Crippen LogP contribution in [0.5, 0.6) is 11.5 Å². The van der Waals surface area contributed by atoms with Crippen LogP contribution < -0.4 is 9.47 Å².